The van der Waals surface area contributed by atoms with Gasteiger partial charge >= 0.3 is 11.9 Å². The van der Waals surface area contributed by atoms with Crippen LogP contribution in [-0.2, 0) is 25.5 Å². The molecule has 136 valence electrons. The van der Waals surface area contributed by atoms with Crippen LogP contribution >= 0.6 is 11.6 Å². The summed E-state index contributed by atoms with van der Waals surface area (Å²) in [6.07, 6.45) is 2.62. The number of aromatic amines is 1. The standard InChI is InChI=1S/C19H19ClN2O4/c1-11(23)25-9-13(10-26-12(2)24)7-18-19-15(5-6-21-18)16-8-14(20)3-4-17(16)22-19/h3-4,7-8,22H,5-6,9-10H2,1-2H3. The number of fused-ring (bicyclic) bond motifs is 3. The Bertz CT molecular complexity index is 907. The second-order valence-electron chi connectivity index (χ2n) is 6.05. The zero-order chi connectivity index (χ0) is 18.7. The summed E-state index contributed by atoms with van der Waals surface area (Å²) in [6, 6.07) is 5.72. The van der Waals surface area contributed by atoms with E-state index in [1.807, 2.05) is 18.2 Å². The van der Waals surface area contributed by atoms with E-state index in [1.54, 1.807) is 6.08 Å². The number of benzene rings is 1. The molecular weight excluding hydrogens is 356 g/mol. The van der Waals surface area contributed by atoms with E-state index in [9.17, 15) is 9.59 Å². The number of halogens is 1. The van der Waals surface area contributed by atoms with Crippen molar-refractivity contribution in [3.8, 4) is 0 Å². The number of esters is 2. The lowest BCUT2D eigenvalue weighted by atomic mass is 10.0. The SMILES string of the molecule is CC(=O)OCC(=CC1=NCCc2c1[nH]c1ccc(Cl)cc21)COC(C)=O. The van der Waals surface area contributed by atoms with Gasteiger partial charge in [0.1, 0.15) is 13.2 Å². The Morgan fingerprint density at radius 3 is 2.58 bits per heavy atom. The number of nitrogens with zero attached hydrogens (tertiary/aromatic N) is 1. The molecule has 1 aliphatic rings. The molecule has 0 aliphatic carbocycles. The Morgan fingerprint density at radius 2 is 1.92 bits per heavy atom. The molecule has 7 heteroatoms. The van der Waals surface area contributed by atoms with Gasteiger partial charge in [0.05, 0.1) is 11.4 Å². The Balaban J connectivity index is 1.95. The first kappa shape index (κ1) is 18.2. The molecule has 1 aromatic carbocycles. The highest BCUT2D eigenvalue weighted by molar-refractivity contribution is 6.31. The van der Waals surface area contributed by atoms with Crippen molar-refractivity contribution in [3.05, 3.63) is 46.1 Å². The minimum absolute atomic E-state index is 0.0447. The summed E-state index contributed by atoms with van der Waals surface area (Å²) >= 11 is 6.13. The quantitative estimate of drug-likeness (QED) is 0.815. The first-order valence-corrected chi connectivity index (χ1v) is 8.63. The second kappa shape index (κ2) is 7.74. The minimum atomic E-state index is -0.398. The molecule has 1 aromatic heterocycles. The monoisotopic (exact) mass is 374 g/mol. The number of ether oxygens (including phenoxy) is 2. The van der Waals surface area contributed by atoms with E-state index in [0.717, 1.165) is 34.3 Å². The lowest BCUT2D eigenvalue weighted by molar-refractivity contribution is -0.141. The number of hydrogen-bond donors (Lipinski definition) is 1. The summed E-state index contributed by atoms with van der Waals surface area (Å²) in [7, 11) is 0. The van der Waals surface area contributed by atoms with Crippen LogP contribution in [0.5, 0.6) is 0 Å². The van der Waals surface area contributed by atoms with Crippen molar-refractivity contribution in [1.82, 2.24) is 4.98 Å². The average molecular weight is 375 g/mol. The Kier molecular flexibility index (Phi) is 5.42. The van der Waals surface area contributed by atoms with E-state index in [2.05, 4.69) is 9.98 Å². The molecule has 0 amide bonds. The molecule has 0 saturated carbocycles. The molecule has 0 fully saturated rings. The van der Waals surface area contributed by atoms with E-state index in [0.29, 0.717) is 17.1 Å². The summed E-state index contributed by atoms with van der Waals surface area (Å²) in [5.41, 5.74) is 4.45. The first-order chi connectivity index (χ1) is 12.4. The van der Waals surface area contributed by atoms with Crippen LogP contribution in [0.4, 0.5) is 0 Å². The van der Waals surface area contributed by atoms with Crippen LogP contribution in [0.25, 0.3) is 10.9 Å². The zero-order valence-electron chi connectivity index (χ0n) is 14.6. The van der Waals surface area contributed by atoms with Crippen LogP contribution < -0.4 is 0 Å². The van der Waals surface area contributed by atoms with Crippen LogP contribution in [0.2, 0.25) is 5.02 Å². The molecule has 26 heavy (non-hydrogen) atoms. The third kappa shape index (κ3) is 4.14. The molecule has 0 spiro atoms. The smallest absolute Gasteiger partial charge is 0.302 e. The maximum absolute atomic E-state index is 11.1. The molecule has 0 radical (unpaired) electrons. The van der Waals surface area contributed by atoms with Crippen molar-refractivity contribution in [1.29, 1.82) is 0 Å². The fraction of sp³-hybridized carbons (Fsp3) is 0.316. The molecule has 0 atom stereocenters. The van der Waals surface area contributed by atoms with Crippen LogP contribution in [-0.4, -0.2) is 42.4 Å². The van der Waals surface area contributed by atoms with Crippen LogP contribution in [0, 0.1) is 0 Å². The summed E-state index contributed by atoms with van der Waals surface area (Å²) in [5.74, 6) is -0.796. The van der Waals surface area contributed by atoms with Crippen molar-refractivity contribution in [2.45, 2.75) is 20.3 Å². The number of allylic oxidation sites excluding steroid dienone is 1. The highest BCUT2D eigenvalue weighted by Gasteiger charge is 2.19. The summed E-state index contributed by atoms with van der Waals surface area (Å²) in [6.45, 7) is 3.40. The van der Waals surface area contributed by atoms with Crippen LogP contribution in [0.3, 0.4) is 0 Å². The fourth-order valence-electron chi connectivity index (χ4n) is 2.89. The summed E-state index contributed by atoms with van der Waals surface area (Å²) < 4.78 is 10.1. The van der Waals surface area contributed by atoms with Gasteiger partial charge in [-0.05, 0) is 36.3 Å². The molecule has 0 saturated heterocycles. The van der Waals surface area contributed by atoms with Crippen molar-refractivity contribution in [3.63, 3.8) is 0 Å². The molecule has 6 nitrogen and oxygen atoms in total. The lowest BCUT2D eigenvalue weighted by Crippen LogP contribution is -2.15. The van der Waals surface area contributed by atoms with Gasteiger partial charge < -0.3 is 14.5 Å². The van der Waals surface area contributed by atoms with Gasteiger partial charge in [-0.3, -0.25) is 14.6 Å². The summed E-state index contributed by atoms with van der Waals surface area (Å²) in [4.78, 5) is 30.2. The first-order valence-electron chi connectivity index (χ1n) is 8.25. The van der Waals surface area contributed by atoms with E-state index < -0.39 is 11.9 Å². The normalized spacial score (nSPS) is 13.0. The molecule has 1 N–H and O–H groups in total. The van der Waals surface area contributed by atoms with Crippen molar-refractivity contribution in [2.75, 3.05) is 19.8 Å². The molecule has 2 aromatic rings. The molecule has 3 rings (SSSR count). The number of aromatic nitrogens is 1. The van der Waals surface area contributed by atoms with Crippen molar-refractivity contribution >= 4 is 40.2 Å². The van der Waals surface area contributed by atoms with Gasteiger partial charge in [-0.2, -0.15) is 0 Å². The van der Waals surface area contributed by atoms with Crippen LogP contribution in [0.1, 0.15) is 25.1 Å². The predicted octanol–water partition coefficient (Wildman–Crippen LogP) is 3.22. The van der Waals surface area contributed by atoms with Gasteiger partial charge in [0.25, 0.3) is 0 Å². The number of carbonyl (C=O) groups excluding carboxylic acids is 2. The highest BCUT2D eigenvalue weighted by Crippen LogP contribution is 2.29. The molecule has 1 aliphatic heterocycles. The molecule has 2 heterocycles. The lowest BCUT2D eigenvalue weighted by Gasteiger charge is -2.13. The number of aliphatic imine (C=N–C) groups is 1. The van der Waals surface area contributed by atoms with E-state index in [4.69, 9.17) is 21.1 Å². The molecule has 0 unspecified atom stereocenters. The number of rotatable bonds is 5. The Morgan fingerprint density at radius 1 is 1.23 bits per heavy atom. The van der Waals surface area contributed by atoms with Gasteiger partial charge in [-0.15, -0.1) is 0 Å². The highest BCUT2D eigenvalue weighted by atomic mass is 35.5. The summed E-state index contributed by atoms with van der Waals surface area (Å²) in [5, 5.41) is 1.76. The second-order valence-corrected chi connectivity index (χ2v) is 6.48. The number of hydrogen-bond acceptors (Lipinski definition) is 5. The van der Waals surface area contributed by atoms with Crippen molar-refractivity contribution in [2.24, 2.45) is 4.99 Å². The van der Waals surface area contributed by atoms with Gasteiger partial charge in [-0.25, -0.2) is 0 Å². The Labute approximate surface area is 155 Å². The van der Waals surface area contributed by atoms with E-state index in [-0.39, 0.29) is 13.2 Å². The maximum atomic E-state index is 11.1. The minimum Gasteiger partial charge on any atom is -0.461 e. The van der Waals surface area contributed by atoms with Crippen LogP contribution in [0.15, 0.2) is 34.8 Å². The third-order valence-electron chi connectivity index (χ3n) is 4.03. The Hall–Kier alpha value is -2.60. The number of H-pyrrole nitrogens is 1. The number of carbonyl (C=O) groups is 2. The largest absolute Gasteiger partial charge is 0.461 e. The van der Waals surface area contributed by atoms with Gasteiger partial charge in [0.2, 0.25) is 0 Å². The van der Waals surface area contributed by atoms with Crippen molar-refractivity contribution < 1.29 is 19.1 Å². The topological polar surface area (TPSA) is 80.8 Å². The zero-order valence-corrected chi connectivity index (χ0v) is 15.4. The van der Waals surface area contributed by atoms with Gasteiger partial charge in [-0.1, -0.05) is 11.6 Å². The van der Waals surface area contributed by atoms with Gasteiger partial charge in [0, 0.05) is 41.9 Å². The van der Waals surface area contributed by atoms with E-state index in [1.165, 1.54) is 13.8 Å². The fourth-order valence-corrected chi connectivity index (χ4v) is 3.06. The van der Waals surface area contributed by atoms with E-state index >= 15 is 0 Å². The molecular formula is C19H19ClN2O4. The molecule has 0 bridgehead atoms. The number of nitrogens with one attached hydrogen (secondary N) is 1. The predicted molar refractivity (Wildman–Crippen MR) is 99.8 cm³/mol. The van der Waals surface area contributed by atoms with Gasteiger partial charge in [0.15, 0.2) is 0 Å². The third-order valence-corrected chi connectivity index (χ3v) is 4.27. The maximum Gasteiger partial charge on any atom is 0.302 e. The average Bonchev–Trinajstić information content (AvgIpc) is 2.96.